The molecule has 0 saturated heterocycles. The summed E-state index contributed by atoms with van der Waals surface area (Å²) in [5.41, 5.74) is 3.28. The molecule has 0 fully saturated rings. The average Bonchev–Trinajstić information content (AvgIpc) is 2.86. The van der Waals surface area contributed by atoms with Gasteiger partial charge >= 0.3 is 11.9 Å². The zero-order chi connectivity index (χ0) is 23.9. The van der Waals surface area contributed by atoms with Gasteiger partial charge in [0.25, 0.3) is 0 Å². The van der Waals surface area contributed by atoms with Gasteiger partial charge in [0.2, 0.25) is 0 Å². The van der Waals surface area contributed by atoms with Crippen LogP contribution in [0.1, 0.15) is 12.0 Å². The van der Waals surface area contributed by atoms with Crippen LogP contribution in [0.25, 0.3) is 0 Å². The third-order valence-electron chi connectivity index (χ3n) is 5.37. The zero-order valence-corrected chi connectivity index (χ0v) is 19.8. The number of carbonyl (C=O) groups is 2. The molecular formula is C26H23ClN2O4S. The highest BCUT2D eigenvalue weighted by atomic mass is 35.5. The molecule has 0 spiro atoms. The molecule has 3 aromatic carbocycles. The van der Waals surface area contributed by atoms with Crippen LogP contribution in [0.15, 0.2) is 94.7 Å². The number of halogens is 1. The number of esters is 1. The van der Waals surface area contributed by atoms with E-state index in [0.29, 0.717) is 11.4 Å². The number of benzene rings is 3. The number of ether oxygens (including phenoxy) is 1. The van der Waals surface area contributed by atoms with Crippen molar-refractivity contribution in [2.24, 2.45) is 5.90 Å². The fourth-order valence-corrected chi connectivity index (χ4v) is 5.10. The van der Waals surface area contributed by atoms with Crippen molar-refractivity contribution in [1.29, 1.82) is 0 Å². The first-order chi connectivity index (χ1) is 16.5. The Kier molecular flexibility index (Phi) is 7.90. The molecule has 4 rings (SSSR count). The number of nitrogens with two attached hydrogens (primary N) is 1. The summed E-state index contributed by atoms with van der Waals surface area (Å²) in [6.45, 7) is 0.167. The molecule has 6 nitrogen and oxygen atoms in total. The maximum atomic E-state index is 12.0. The molecule has 8 heteroatoms. The Hall–Kier alpha value is -3.26. The van der Waals surface area contributed by atoms with Crippen LogP contribution in [0.4, 0.5) is 11.4 Å². The third-order valence-corrected chi connectivity index (χ3v) is 6.74. The van der Waals surface area contributed by atoms with E-state index in [4.69, 9.17) is 22.2 Å². The maximum absolute atomic E-state index is 12.0. The summed E-state index contributed by atoms with van der Waals surface area (Å²) in [6.07, 6.45) is 3.23. The van der Waals surface area contributed by atoms with Crippen molar-refractivity contribution >= 4 is 46.7 Å². The van der Waals surface area contributed by atoms with E-state index in [-0.39, 0.29) is 12.6 Å². The molecule has 1 aliphatic heterocycles. The second-order valence-electron chi connectivity index (χ2n) is 7.62. The van der Waals surface area contributed by atoms with Gasteiger partial charge in [-0.15, -0.1) is 0 Å². The smallest absolute Gasteiger partial charge is 0.349 e. The summed E-state index contributed by atoms with van der Waals surface area (Å²) >= 11 is 8.10. The van der Waals surface area contributed by atoms with Crippen LogP contribution < -0.4 is 10.8 Å². The molecule has 1 atom stereocenters. The Balaban J connectivity index is 1.63. The average molecular weight is 495 g/mol. The summed E-state index contributed by atoms with van der Waals surface area (Å²) in [5, 5.41) is 0.658. The van der Waals surface area contributed by atoms with Crippen LogP contribution in [0.2, 0.25) is 5.02 Å². The van der Waals surface area contributed by atoms with Crippen LogP contribution >= 0.6 is 23.4 Å². The van der Waals surface area contributed by atoms with Crippen molar-refractivity contribution in [1.82, 2.24) is 0 Å². The van der Waals surface area contributed by atoms with Crippen molar-refractivity contribution in [2.75, 3.05) is 11.5 Å². The Morgan fingerprint density at radius 1 is 0.941 bits per heavy atom. The van der Waals surface area contributed by atoms with Gasteiger partial charge in [0.15, 0.2) is 0 Å². The first-order valence-electron chi connectivity index (χ1n) is 10.7. The lowest BCUT2D eigenvalue weighted by atomic mass is 10.00. The predicted molar refractivity (Wildman–Crippen MR) is 133 cm³/mol. The molecular weight excluding hydrogens is 472 g/mol. The van der Waals surface area contributed by atoms with Gasteiger partial charge in [-0.3, -0.25) is 0 Å². The third kappa shape index (κ3) is 5.80. The Morgan fingerprint density at radius 3 is 2.44 bits per heavy atom. The van der Waals surface area contributed by atoms with Gasteiger partial charge in [-0.1, -0.05) is 65.8 Å². The minimum Gasteiger partial charge on any atom is -0.462 e. The van der Waals surface area contributed by atoms with Crippen molar-refractivity contribution in [3.05, 3.63) is 95.5 Å². The van der Waals surface area contributed by atoms with Crippen molar-refractivity contribution < 1.29 is 19.2 Å². The summed E-state index contributed by atoms with van der Waals surface area (Å²) in [7, 11) is 0. The van der Waals surface area contributed by atoms with Gasteiger partial charge in [-0.2, -0.15) is 5.90 Å². The van der Waals surface area contributed by atoms with E-state index in [1.54, 1.807) is 11.8 Å². The van der Waals surface area contributed by atoms with Crippen LogP contribution in [0, 0.1) is 0 Å². The molecule has 0 aliphatic carbocycles. The van der Waals surface area contributed by atoms with E-state index in [1.165, 1.54) is 5.56 Å². The molecule has 0 aromatic heterocycles. The molecule has 3 aromatic rings. The number of fused-ring (bicyclic) bond motifs is 2. The second kappa shape index (κ2) is 11.2. The van der Waals surface area contributed by atoms with Gasteiger partial charge < -0.3 is 14.5 Å². The van der Waals surface area contributed by atoms with E-state index in [1.807, 2.05) is 48.5 Å². The fraction of sp³-hybridized carbons (Fsp3) is 0.154. The fourth-order valence-electron chi connectivity index (χ4n) is 3.88. The first-order valence-corrected chi connectivity index (χ1v) is 11.9. The summed E-state index contributed by atoms with van der Waals surface area (Å²) in [4.78, 5) is 31.7. The van der Waals surface area contributed by atoms with Gasteiger partial charge in [0, 0.05) is 39.4 Å². The molecule has 0 bridgehead atoms. The highest BCUT2D eigenvalue weighted by Gasteiger charge is 2.29. The number of hydrogen-bond donors (Lipinski definition) is 1. The van der Waals surface area contributed by atoms with Crippen molar-refractivity contribution in [3.8, 4) is 0 Å². The van der Waals surface area contributed by atoms with Crippen LogP contribution in [-0.4, -0.2) is 24.6 Å². The second-order valence-corrected chi connectivity index (χ2v) is 9.14. The summed E-state index contributed by atoms with van der Waals surface area (Å²) in [5.74, 6) is 3.31. The zero-order valence-electron chi connectivity index (χ0n) is 18.2. The molecule has 0 saturated carbocycles. The van der Waals surface area contributed by atoms with Gasteiger partial charge in [-0.05, 0) is 42.3 Å². The minimum atomic E-state index is -0.824. The van der Waals surface area contributed by atoms with Crippen molar-refractivity contribution in [2.45, 2.75) is 28.7 Å². The molecule has 2 N–H and O–H groups in total. The number of hydrogen-bond acceptors (Lipinski definition) is 7. The predicted octanol–water partition coefficient (Wildman–Crippen LogP) is 5.46. The van der Waals surface area contributed by atoms with E-state index >= 15 is 0 Å². The Morgan fingerprint density at radius 2 is 1.65 bits per heavy atom. The number of anilines is 2. The first kappa shape index (κ1) is 23.9. The van der Waals surface area contributed by atoms with Crippen LogP contribution in [0.5, 0.6) is 0 Å². The topological polar surface area (TPSA) is 81.9 Å². The lowest BCUT2D eigenvalue weighted by Crippen LogP contribution is -2.36. The summed E-state index contributed by atoms with van der Waals surface area (Å²) < 4.78 is 5.36. The van der Waals surface area contributed by atoms with Gasteiger partial charge in [0.05, 0.1) is 18.0 Å². The SMILES string of the molecule is NOC(=O)/C=C/C(=O)OCCC(Cc1ccccc1)N1c2ccccc2Sc2ccc(Cl)cc21. The normalized spacial score (nSPS) is 13.2. The van der Waals surface area contributed by atoms with E-state index < -0.39 is 11.9 Å². The monoisotopic (exact) mass is 494 g/mol. The molecule has 1 unspecified atom stereocenters. The van der Waals surface area contributed by atoms with Crippen molar-refractivity contribution in [3.63, 3.8) is 0 Å². The van der Waals surface area contributed by atoms with E-state index in [2.05, 4.69) is 34.0 Å². The number of nitrogens with zero attached hydrogens (tertiary/aromatic N) is 1. The highest BCUT2D eigenvalue weighted by molar-refractivity contribution is 7.99. The number of carbonyl (C=O) groups excluding carboxylic acids is 2. The maximum Gasteiger partial charge on any atom is 0.349 e. The lowest BCUT2D eigenvalue weighted by Gasteiger charge is -2.39. The van der Waals surface area contributed by atoms with Crippen LogP contribution in [-0.2, 0) is 25.6 Å². The largest absolute Gasteiger partial charge is 0.462 e. The van der Waals surface area contributed by atoms with Crippen LogP contribution in [0.3, 0.4) is 0 Å². The number of para-hydroxylation sites is 1. The van der Waals surface area contributed by atoms with E-state index in [0.717, 1.165) is 39.7 Å². The summed E-state index contributed by atoms with van der Waals surface area (Å²) in [6, 6.07) is 24.3. The molecule has 1 aliphatic rings. The van der Waals surface area contributed by atoms with Gasteiger partial charge in [-0.25, -0.2) is 9.59 Å². The molecule has 1 heterocycles. The quantitative estimate of drug-likeness (QED) is 0.253. The minimum absolute atomic E-state index is 0.0209. The lowest BCUT2D eigenvalue weighted by molar-refractivity contribution is -0.140. The Bertz CT molecular complexity index is 1200. The molecule has 174 valence electrons. The molecule has 0 radical (unpaired) electrons. The molecule has 34 heavy (non-hydrogen) atoms. The number of rotatable bonds is 8. The van der Waals surface area contributed by atoms with Gasteiger partial charge in [0.1, 0.15) is 0 Å². The highest BCUT2D eigenvalue weighted by Crippen LogP contribution is 2.50. The van der Waals surface area contributed by atoms with E-state index in [9.17, 15) is 9.59 Å². The standard InChI is InChI=1S/C26H23ClN2O4S/c27-19-10-11-24-22(17-19)29(21-8-4-5-9-23(21)34-24)20(16-18-6-2-1-3-7-18)14-15-32-25(30)12-13-26(31)33-28/h1-13,17,20H,14-16,28H2/b13-12+. The molecule has 0 amide bonds. The Labute approximate surface area is 207 Å².